The molecule has 4 heteroatoms. The van der Waals surface area contributed by atoms with Crippen LogP contribution in [0.15, 0.2) is 0 Å². The summed E-state index contributed by atoms with van der Waals surface area (Å²) in [6, 6.07) is 1.23. The van der Waals surface area contributed by atoms with Gasteiger partial charge in [-0.15, -0.1) is 0 Å². The van der Waals surface area contributed by atoms with Crippen LogP contribution in [0.2, 0.25) is 0 Å². The van der Waals surface area contributed by atoms with E-state index in [-0.39, 0.29) is 0 Å². The summed E-state index contributed by atoms with van der Waals surface area (Å²) in [5.74, 6) is 0. The van der Waals surface area contributed by atoms with Crippen LogP contribution in [-0.4, -0.2) is 75.9 Å². The topological polar surface area (TPSA) is 27.7 Å². The van der Waals surface area contributed by atoms with Crippen LogP contribution in [-0.2, 0) is 4.74 Å². The first-order chi connectivity index (χ1) is 7.69. The number of likely N-dealkylation sites (tertiary alicyclic amines) is 1. The molecule has 0 aromatic carbocycles. The molecule has 1 N–H and O–H groups in total. The Labute approximate surface area is 99.9 Å². The van der Waals surface area contributed by atoms with Gasteiger partial charge in [0.2, 0.25) is 0 Å². The van der Waals surface area contributed by atoms with Gasteiger partial charge >= 0.3 is 0 Å². The van der Waals surface area contributed by atoms with Crippen molar-refractivity contribution >= 4 is 0 Å². The van der Waals surface area contributed by atoms with Crippen LogP contribution in [0.25, 0.3) is 0 Å². The maximum Gasteiger partial charge on any atom is 0.0630 e. The van der Waals surface area contributed by atoms with Crippen molar-refractivity contribution in [1.29, 1.82) is 0 Å². The lowest BCUT2D eigenvalue weighted by Gasteiger charge is -2.28. The molecule has 0 spiro atoms. The SMILES string of the molecule is CCNCC(COC)N1CCC(N(C)C)C1. The van der Waals surface area contributed by atoms with E-state index in [0.717, 1.165) is 19.7 Å². The molecule has 0 aromatic rings. The molecule has 0 aromatic heterocycles. The minimum atomic E-state index is 0.523. The molecule has 1 aliphatic rings. The minimum absolute atomic E-state index is 0.523. The van der Waals surface area contributed by atoms with Crippen LogP contribution in [0.1, 0.15) is 13.3 Å². The van der Waals surface area contributed by atoms with Gasteiger partial charge in [-0.05, 0) is 27.1 Å². The predicted octanol–water partition coefficient (Wildman–Crippen LogP) is 0.247. The number of nitrogens with one attached hydrogen (secondary N) is 1. The molecule has 1 saturated heterocycles. The number of methoxy groups -OCH3 is 1. The zero-order valence-electron chi connectivity index (χ0n) is 11.2. The summed E-state index contributed by atoms with van der Waals surface area (Å²) in [4.78, 5) is 4.88. The molecule has 2 unspecified atom stereocenters. The molecule has 96 valence electrons. The summed E-state index contributed by atoms with van der Waals surface area (Å²) in [6.45, 7) is 7.41. The van der Waals surface area contributed by atoms with Gasteiger partial charge in [-0.1, -0.05) is 6.92 Å². The third kappa shape index (κ3) is 4.01. The number of rotatable bonds is 7. The van der Waals surface area contributed by atoms with Crippen molar-refractivity contribution in [2.24, 2.45) is 0 Å². The fourth-order valence-corrected chi connectivity index (χ4v) is 2.32. The highest BCUT2D eigenvalue weighted by molar-refractivity contribution is 4.86. The zero-order valence-corrected chi connectivity index (χ0v) is 11.2. The molecule has 0 amide bonds. The van der Waals surface area contributed by atoms with Crippen molar-refractivity contribution in [3.8, 4) is 0 Å². The Kier molecular flexibility index (Phi) is 6.28. The Morgan fingerprint density at radius 2 is 2.25 bits per heavy atom. The number of hydrogen-bond acceptors (Lipinski definition) is 4. The first-order valence-corrected chi connectivity index (χ1v) is 6.29. The molecule has 1 fully saturated rings. The monoisotopic (exact) mass is 229 g/mol. The van der Waals surface area contributed by atoms with Gasteiger partial charge in [0.1, 0.15) is 0 Å². The number of nitrogens with zero attached hydrogens (tertiary/aromatic N) is 2. The first-order valence-electron chi connectivity index (χ1n) is 6.29. The van der Waals surface area contributed by atoms with E-state index < -0.39 is 0 Å². The largest absolute Gasteiger partial charge is 0.383 e. The molecule has 0 saturated carbocycles. The van der Waals surface area contributed by atoms with E-state index in [1.807, 2.05) is 0 Å². The van der Waals surface area contributed by atoms with Gasteiger partial charge in [0.25, 0.3) is 0 Å². The van der Waals surface area contributed by atoms with Gasteiger partial charge in [-0.2, -0.15) is 0 Å². The minimum Gasteiger partial charge on any atom is -0.383 e. The first kappa shape index (κ1) is 13.9. The van der Waals surface area contributed by atoms with Crippen molar-refractivity contribution in [2.45, 2.75) is 25.4 Å². The van der Waals surface area contributed by atoms with E-state index >= 15 is 0 Å². The standard InChI is InChI=1S/C12H27N3O/c1-5-13-8-12(10-16-4)15-7-6-11(9-15)14(2)3/h11-13H,5-10H2,1-4H3. The second-order valence-electron chi connectivity index (χ2n) is 4.82. The van der Waals surface area contributed by atoms with Gasteiger partial charge in [0.15, 0.2) is 0 Å². The Bertz CT molecular complexity index is 187. The number of likely N-dealkylation sites (N-methyl/N-ethyl adjacent to an activating group) is 2. The van der Waals surface area contributed by atoms with E-state index in [9.17, 15) is 0 Å². The van der Waals surface area contributed by atoms with Crippen molar-refractivity contribution in [3.05, 3.63) is 0 Å². The Morgan fingerprint density at radius 3 is 2.75 bits per heavy atom. The summed E-state index contributed by atoms with van der Waals surface area (Å²) in [5.41, 5.74) is 0. The average Bonchev–Trinajstić information content (AvgIpc) is 2.73. The van der Waals surface area contributed by atoms with Crippen LogP contribution >= 0.6 is 0 Å². The van der Waals surface area contributed by atoms with E-state index in [1.165, 1.54) is 19.5 Å². The summed E-state index contributed by atoms with van der Waals surface area (Å²) >= 11 is 0. The van der Waals surface area contributed by atoms with Crippen LogP contribution < -0.4 is 5.32 Å². The van der Waals surface area contributed by atoms with Crippen LogP contribution in [0.4, 0.5) is 0 Å². The molecule has 0 aliphatic carbocycles. The molecular weight excluding hydrogens is 202 g/mol. The maximum atomic E-state index is 5.31. The van der Waals surface area contributed by atoms with Gasteiger partial charge in [-0.25, -0.2) is 0 Å². The van der Waals surface area contributed by atoms with E-state index in [0.29, 0.717) is 12.1 Å². The van der Waals surface area contributed by atoms with E-state index in [2.05, 4.69) is 36.1 Å². The summed E-state index contributed by atoms with van der Waals surface area (Å²) < 4.78 is 5.31. The smallest absolute Gasteiger partial charge is 0.0630 e. The molecule has 16 heavy (non-hydrogen) atoms. The molecule has 1 rings (SSSR count). The third-order valence-corrected chi connectivity index (χ3v) is 3.43. The normalized spacial score (nSPS) is 24.2. The molecule has 1 heterocycles. The highest BCUT2D eigenvalue weighted by Gasteiger charge is 2.28. The molecule has 4 nitrogen and oxygen atoms in total. The highest BCUT2D eigenvalue weighted by Crippen LogP contribution is 2.16. The fourth-order valence-electron chi connectivity index (χ4n) is 2.32. The Morgan fingerprint density at radius 1 is 1.50 bits per heavy atom. The van der Waals surface area contributed by atoms with Crippen molar-refractivity contribution in [3.63, 3.8) is 0 Å². The van der Waals surface area contributed by atoms with Crippen molar-refractivity contribution < 1.29 is 4.74 Å². The van der Waals surface area contributed by atoms with Gasteiger partial charge in [-0.3, -0.25) is 4.90 Å². The number of hydrogen-bond donors (Lipinski definition) is 1. The lowest BCUT2D eigenvalue weighted by Crippen LogP contribution is -2.45. The molecule has 1 aliphatic heterocycles. The average molecular weight is 229 g/mol. The summed E-state index contributed by atoms with van der Waals surface area (Å²) in [5, 5.41) is 3.42. The molecule has 0 radical (unpaired) electrons. The van der Waals surface area contributed by atoms with Crippen LogP contribution in [0.5, 0.6) is 0 Å². The molecule has 2 atom stereocenters. The van der Waals surface area contributed by atoms with Gasteiger partial charge < -0.3 is 15.0 Å². The second kappa shape index (κ2) is 7.22. The second-order valence-corrected chi connectivity index (χ2v) is 4.82. The van der Waals surface area contributed by atoms with E-state index in [4.69, 9.17) is 4.74 Å². The maximum absolute atomic E-state index is 5.31. The summed E-state index contributed by atoms with van der Waals surface area (Å²) in [7, 11) is 6.13. The molecule has 0 bridgehead atoms. The van der Waals surface area contributed by atoms with Crippen molar-refractivity contribution in [1.82, 2.24) is 15.1 Å². The van der Waals surface area contributed by atoms with Crippen LogP contribution in [0, 0.1) is 0 Å². The Hall–Kier alpha value is -0.160. The van der Waals surface area contributed by atoms with Gasteiger partial charge in [0, 0.05) is 38.8 Å². The summed E-state index contributed by atoms with van der Waals surface area (Å²) in [6.07, 6.45) is 1.28. The zero-order chi connectivity index (χ0) is 12.0. The molecular formula is C12H27N3O. The van der Waals surface area contributed by atoms with Crippen LogP contribution in [0.3, 0.4) is 0 Å². The lowest BCUT2D eigenvalue weighted by atomic mass is 10.2. The highest BCUT2D eigenvalue weighted by atomic mass is 16.5. The van der Waals surface area contributed by atoms with Gasteiger partial charge in [0.05, 0.1) is 6.61 Å². The lowest BCUT2D eigenvalue weighted by molar-refractivity contribution is 0.100. The quantitative estimate of drug-likeness (QED) is 0.677. The Balaban J connectivity index is 2.40. The number of ether oxygens (including phenoxy) is 1. The third-order valence-electron chi connectivity index (χ3n) is 3.43. The predicted molar refractivity (Wildman–Crippen MR) is 67.9 cm³/mol. The van der Waals surface area contributed by atoms with Crippen molar-refractivity contribution in [2.75, 3.05) is 54.0 Å². The van der Waals surface area contributed by atoms with E-state index in [1.54, 1.807) is 7.11 Å². The fraction of sp³-hybridized carbons (Fsp3) is 1.00.